The summed E-state index contributed by atoms with van der Waals surface area (Å²) in [5, 5.41) is 51.1. The number of H-pyrrole nitrogens is 1. The molecule has 1 aliphatic rings. The molecule has 1 aliphatic heterocycles. The fraction of sp³-hybridized carbons (Fsp3) is 0.633. The molecule has 23 heteroatoms. The van der Waals surface area contributed by atoms with Gasteiger partial charge in [-0.05, 0) is 39.5 Å². The molecule has 1 fully saturated rings. The molecule has 0 aromatic carbocycles. The number of aliphatic hydroxyl groups excluding tert-OH is 3. The number of aliphatic carboxylic acids is 1. The van der Waals surface area contributed by atoms with Crippen molar-refractivity contribution in [1.82, 2.24) is 41.5 Å². The van der Waals surface area contributed by atoms with Crippen LogP contribution in [0.4, 0.5) is 0 Å². The van der Waals surface area contributed by atoms with Crippen LogP contribution in [-0.2, 0) is 40.0 Å². The van der Waals surface area contributed by atoms with Gasteiger partial charge < -0.3 is 74.1 Å². The number of aromatic amines is 1. The van der Waals surface area contributed by atoms with Crippen molar-refractivity contribution in [1.29, 1.82) is 0 Å². The van der Waals surface area contributed by atoms with Crippen LogP contribution in [0.15, 0.2) is 17.5 Å². The maximum absolute atomic E-state index is 13.2. The summed E-state index contributed by atoms with van der Waals surface area (Å²) >= 11 is 0. The van der Waals surface area contributed by atoms with Gasteiger partial charge in [0.25, 0.3) is 0 Å². The minimum absolute atomic E-state index is 0.0468. The number of carbonyl (C=O) groups is 7. The second-order valence-electron chi connectivity index (χ2n) is 12.4. The van der Waals surface area contributed by atoms with Crippen LogP contribution in [0.25, 0.3) is 0 Å². The number of likely N-dealkylation sites (tertiary alicyclic amines) is 1. The van der Waals surface area contributed by atoms with Crippen molar-refractivity contribution >= 4 is 47.4 Å². The maximum Gasteiger partial charge on any atom is 0.326 e. The number of nitrogens with two attached hydrogens (primary N) is 3. The maximum atomic E-state index is 13.2. The molecule has 0 aliphatic carbocycles. The van der Waals surface area contributed by atoms with Crippen LogP contribution in [0.2, 0.25) is 0 Å². The number of hydrogen-bond acceptors (Lipinski definition) is 13. The molecule has 0 spiro atoms. The van der Waals surface area contributed by atoms with E-state index in [2.05, 4.69) is 41.5 Å². The standard InChI is InChI=1S/C30H50N12O11/c1-14(44)22(40-25(48)19(12-43)39-24(47)17(31)9-16-10-34-13-37-16)27(50)36-11-21(46)42-8-4-6-20(42)26(49)41-23(15(2)45)28(51)38-18(29(52)53)5-3-7-35-30(32)33/h10,13-15,17-20,22-23,43-45H,3-9,11-12,31H2,1-2H3,(H,34,37)(H,36,50)(H,38,51)(H,39,47)(H,40,48)(H,41,49)(H,52,53)(H4,32,33,35)/t14-,15-,17+,18+,19+,20+,22+,23+/m1/s1. The smallest absolute Gasteiger partial charge is 0.326 e. The van der Waals surface area contributed by atoms with Crippen molar-refractivity contribution in [3.05, 3.63) is 18.2 Å². The lowest BCUT2D eigenvalue weighted by Crippen LogP contribution is -2.60. The van der Waals surface area contributed by atoms with Gasteiger partial charge in [-0.2, -0.15) is 0 Å². The van der Waals surface area contributed by atoms with E-state index < -0.39 is 103 Å². The number of nitrogens with zero attached hydrogens (tertiary/aromatic N) is 3. The first kappa shape index (κ1) is 43.8. The largest absolute Gasteiger partial charge is 0.480 e. The molecule has 8 atom stereocenters. The van der Waals surface area contributed by atoms with E-state index >= 15 is 0 Å². The zero-order chi connectivity index (χ0) is 39.8. The zero-order valence-corrected chi connectivity index (χ0v) is 29.4. The Bertz CT molecular complexity index is 1450. The lowest BCUT2D eigenvalue weighted by Gasteiger charge is -2.28. The fourth-order valence-corrected chi connectivity index (χ4v) is 5.25. The Morgan fingerprint density at radius 1 is 0.962 bits per heavy atom. The molecular weight excluding hydrogens is 704 g/mol. The van der Waals surface area contributed by atoms with E-state index in [4.69, 9.17) is 17.2 Å². The van der Waals surface area contributed by atoms with Crippen molar-refractivity contribution < 1.29 is 54.0 Å². The van der Waals surface area contributed by atoms with Gasteiger partial charge in [-0.1, -0.05) is 0 Å². The fourth-order valence-electron chi connectivity index (χ4n) is 5.25. The lowest BCUT2D eigenvalue weighted by atomic mass is 10.1. The van der Waals surface area contributed by atoms with Crippen LogP contribution in [0.1, 0.15) is 45.2 Å². The molecule has 23 nitrogen and oxygen atoms in total. The molecule has 2 rings (SSSR count). The van der Waals surface area contributed by atoms with E-state index in [-0.39, 0.29) is 44.7 Å². The number of imidazole rings is 1. The summed E-state index contributed by atoms with van der Waals surface area (Å²) in [6.45, 7) is 1.03. The first-order valence-electron chi connectivity index (χ1n) is 16.7. The monoisotopic (exact) mass is 754 g/mol. The number of rotatable bonds is 21. The Balaban J connectivity index is 1.98. The van der Waals surface area contributed by atoms with Crippen molar-refractivity contribution in [3.63, 3.8) is 0 Å². The number of carbonyl (C=O) groups excluding carboxylic acids is 6. The molecule has 6 amide bonds. The number of guanidine groups is 1. The zero-order valence-electron chi connectivity index (χ0n) is 29.4. The highest BCUT2D eigenvalue weighted by atomic mass is 16.4. The predicted molar refractivity (Wildman–Crippen MR) is 184 cm³/mol. The summed E-state index contributed by atoms with van der Waals surface area (Å²) in [6.07, 6.45) is 0.590. The molecule has 0 radical (unpaired) electrons. The van der Waals surface area contributed by atoms with Crippen molar-refractivity contribution in [2.45, 2.75) is 94.4 Å². The van der Waals surface area contributed by atoms with Gasteiger partial charge in [0.1, 0.15) is 30.2 Å². The number of carboxylic acid groups (broad SMARTS) is 1. The average molecular weight is 755 g/mol. The summed E-state index contributed by atoms with van der Waals surface area (Å²) in [5.41, 5.74) is 16.9. The number of aliphatic hydroxyl groups is 3. The lowest BCUT2D eigenvalue weighted by molar-refractivity contribution is -0.144. The number of nitrogens with one attached hydrogen (secondary N) is 6. The molecule has 0 saturated carbocycles. The van der Waals surface area contributed by atoms with E-state index in [1.807, 2.05) is 0 Å². The minimum Gasteiger partial charge on any atom is -0.480 e. The molecule has 0 bridgehead atoms. The number of aliphatic imine (C=N–C) groups is 1. The van der Waals surface area contributed by atoms with Gasteiger partial charge in [0.15, 0.2) is 5.96 Å². The topological polar surface area (TPSA) is 383 Å². The van der Waals surface area contributed by atoms with E-state index in [0.29, 0.717) is 12.1 Å². The number of hydrogen-bond donors (Lipinski definition) is 13. The van der Waals surface area contributed by atoms with E-state index in [1.165, 1.54) is 26.4 Å². The van der Waals surface area contributed by atoms with Gasteiger partial charge in [0.05, 0.1) is 37.7 Å². The Labute approximate surface area is 303 Å². The van der Waals surface area contributed by atoms with Crippen LogP contribution >= 0.6 is 0 Å². The first-order valence-corrected chi connectivity index (χ1v) is 16.7. The molecule has 0 unspecified atom stereocenters. The Morgan fingerprint density at radius 2 is 1.60 bits per heavy atom. The molecule has 1 aromatic heterocycles. The average Bonchev–Trinajstić information content (AvgIpc) is 3.80. The second kappa shape index (κ2) is 21.2. The van der Waals surface area contributed by atoms with Gasteiger partial charge in [0, 0.05) is 31.4 Å². The van der Waals surface area contributed by atoms with Gasteiger partial charge in [-0.25, -0.2) is 9.78 Å². The molecule has 1 aromatic rings. The van der Waals surface area contributed by atoms with E-state index in [1.54, 1.807) is 0 Å². The Kier molecular flexibility index (Phi) is 17.5. The summed E-state index contributed by atoms with van der Waals surface area (Å²) in [4.78, 5) is 101. The molecular formula is C30H50N12O11. The number of amides is 6. The highest BCUT2D eigenvalue weighted by molar-refractivity contribution is 5.96. The van der Waals surface area contributed by atoms with Gasteiger partial charge in [-0.3, -0.25) is 33.8 Å². The van der Waals surface area contributed by atoms with Crippen LogP contribution < -0.4 is 43.8 Å². The third-order valence-corrected chi connectivity index (χ3v) is 8.12. The van der Waals surface area contributed by atoms with E-state index in [0.717, 1.165) is 4.90 Å². The molecule has 53 heavy (non-hydrogen) atoms. The van der Waals surface area contributed by atoms with Gasteiger partial charge in [0.2, 0.25) is 35.4 Å². The predicted octanol–water partition coefficient (Wildman–Crippen LogP) is -6.78. The highest BCUT2D eigenvalue weighted by Gasteiger charge is 2.38. The van der Waals surface area contributed by atoms with Crippen LogP contribution in [0.5, 0.6) is 0 Å². The van der Waals surface area contributed by atoms with Crippen LogP contribution in [0.3, 0.4) is 0 Å². The van der Waals surface area contributed by atoms with Gasteiger partial charge in [-0.15, -0.1) is 0 Å². The Hall–Kier alpha value is -5.39. The van der Waals surface area contributed by atoms with E-state index in [9.17, 15) is 54.0 Å². The van der Waals surface area contributed by atoms with Crippen molar-refractivity contribution in [2.75, 3.05) is 26.2 Å². The quantitative estimate of drug-likeness (QED) is 0.0315. The van der Waals surface area contributed by atoms with Crippen LogP contribution in [-0.4, -0.2) is 157 Å². The third-order valence-electron chi connectivity index (χ3n) is 8.12. The summed E-state index contributed by atoms with van der Waals surface area (Å²) in [5.74, 6) is -6.92. The molecule has 296 valence electrons. The van der Waals surface area contributed by atoms with Gasteiger partial charge >= 0.3 is 5.97 Å². The second-order valence-corrected chi connectivity index (χ2v) is 12.4. The summed E-state index contributed by atoms with van der Waals surface area (Å²) in [6, 6.07) is -8.40. The van der Waals surface area contributed by atoms with Crippen LogP contribution in [0, 0.1) is 0 Å². The van der Waals surface area contributed by atoms with Crippen molar-refractivity contribution in [2.24, 2.45) is 22.2 Å². The first-order chi connectivity index (χ1) is 25.0. The highest BCUT2D eigenvalue weighted by Crippen LogP contribution is 2.18. The Morgan fingerprint density at radius 3 is 2.17 bits per heavy atom. The molecule has 1 saturated heterocycles. The molecule has 2 heterocycles. The summed E-state index contributed by atoms with van der Waals surface area (Å²) in [7, 11) is 0. The third kappa shape index (κ3) is 13.9. The summed E-state index contributed by atoms with van der Waals surface area (Å²) < 4.78 is 0. The number of aromatic nitrogens is 2. The molecule has 16 N–H and O–H groups in total. The van der Waals surface area contributed by atoms with Crippen molar-refractivity contribution in [3.8, 4) is 0 Å². The number of carboxylic acids is 1. The normalized spacial score (nSPS) is 17.8. The SMILES string of the molecule is C[C@@H](O)[C@H](NC(=O)[C@H](CO)NC(=O)[C@@H](N)Cc1cnc[nH]1)C(=O)NCC(=O)N1CCC[C@H]1C(=O)N[C@H](C(=O)N[C@@H](CCCN=C(N)N)C(=O)O)[C@@H](C)O. The minimum atomic E-state index is -1.64.